The fourth-order valence-corrected chi connectivity index (χ4v) is 2.52. The summed E-state index contributed by atoms with van der Waals surface area (Å²) in [6.45, 7) is 3.81. The van der Waals surface area contributed by atoms with Crippen LogP contribution >= 0.6 is 0 Å². The van der Waals surface area contributed by atoms with Gasteiger partial charge in [0.1, 0.15) is 0 Å². The van der Waals surface area contributed by atoms with Gasteiger partial charge < -0.3 is 20.2 Å². The molecule has 1 heterocycles. The van der Waals surface area contributed by atoms with Crippen LogP contribution in [0.5, 0.6) is 0 Å². The maximum atomic E-state index is 12.0. The lowest BCUT2D eigenvalue weighted by Crippen LogP contribution is -2.46. The molecule has 20 heavy (non-hydrogen) atoms. The number of carbonyl (C=O) groups is 1. The van der Waals surface area contributed by atoms with Gasteiger partial charge in [0.05, 0.1) is 6.10 Å². The van der Waals surface area contributed by atoms with Crippen LogP contribution in [0.25, 0.3) is 0 Å². The molecule has 2 N–H and O–H groups in total. The fourth-order valence-electron chi connectivity index (χ4n) is 2.52. The molecular weight excluding hydrogens is 254 g/mol. The van der Waals surface area contributed by atoms with Crippen LogP contribution in [0, 0.1) is 0 Å². The molecule has 0 spiro atoms. The van der Waals surface area contributed by atoms with Gasteiger partial charge in [-0.2, -0.15) is 0 Å². The Hall–Kier alpha value is -1.75. The Morgan fingerprint density at radius 3 is 2.85 bits per heavy atom. The van der Waals surface area contributed by atoms with E-state index in [1.807, 2.05) is 18.2 Å². The molecule has 2 amide bonds. The van der Waals surface area contributed by atoms with Crippen molar-refractivity contribution in [3.05, 3.63) is 30.3 Å². The number of nitrogens with zero attached hydrogens (tertiary/aromatic N) is 2. The third-order valence-corrected chi connectivity index (χ3v) is 3.52. The molecule has 2 atom stereocenters. The molecular formula is C15H23N3O2. The monoisotopic (exact) mass is 277 g/mol. The van der Waals surface area contributed by atoms with Crippen LogP contribution in [0.1, 0.15) is 13.3 Å². The summed E-state index contributed by atoms with van der Waals surface area (Å²) in [5.41, 5.74) is 1.20. The third-order valence-electron chi connectivity index (χ3n) is 3.52. The van der Waals surface area contributed by atoms with Crippen molar-refractivity contribution >= 4 is 11.7 Å². The second-order valence-corrected chi connectivity index (χ2v) is 5.45. The molecule has 5 heteroatoms. The van der Waals surface area contributed by atoms with Gasteiger partial charge in [0.25, 0.3) is 0 Å². The molecule has 0 saturated carbocycles. The van der Waals surface area contributed by atoms with Crippen LogP contribution in [-0.4, -0.2) is 54.9 Å². The summed E-state index contributed by atoms with van der Waals surface area (Å²) in [4.78, 5) is 15.8. The molecule has 0 bridgehead atoms. The van der Waals surface area contributed by atoms with Gasteiger partial charge in [-0.3, -0.25) is 0 Å². The second-order valence-electron chi connectivity index (χ2n) is 5.45. The average molecular weight is 277 g/mol. The fraction of sp³-hybridized carbons (Fsp3) is 0.533. The summed E-state index contributed by atoms with van der Waals surface area (Å²) in [7, 11) is 1.70. The molecule has 2 rings (SSSR count). The number of benzene rings is 1. The van der Waals surface area contributed by atoms with Crippen LogP contribution in [-0.2, 0) is 0 Å². The van der Waals surface area contributed by atoms with E-state index in [4.69, 9.17) is 0 Å². The Balaban J connectivity index is 1.83. The highest BCUT2D eigenvalue weighted by atomic mass is 16.3. The van der Waals surface area contributed by atoms with Gasteiger partial charge in [-0.1, -0.05) is 18.2 Å². The van der Waals surface area contributed by atoms with E-state index in [1.165, 1.54) is 10.6 Å². The zero-order valence-corrected chi connectivity index (χ0v) is 12.1. The highest BCUT2D eigenvalue weighted by Gasteiger charge is 2.25. The Kier molecular flexibility index (Phi) is 4.84. The molecule has 110 valence electrons. The predicted molar refractivity (Wildman–Crippen MR) is 79.9 cm³/mol. The Labute approximate surface area is 120 Å². The first-order valence-corrected chi connectivity index (χ1v) is 7.06. The molecule has 2 unspecified atom stereocenters. The normalized spacial score (nSPS) is 19.8. The summed E-state index contributed by atoms with van der Waals surface area (Å²) in [5.74, 6) is 0. The summed E-state index contributed by atoms with van der Waals surface area (Å²) in [6.07, 6.45) is 0.443. The molecule has 1 aromatic carbocycles. The number of para-hydroxylation sites is 1. The summed E-state index contributed by atoms with van der Waals surface area (Å²) < 4.78 is 0. The first kappa shape index (κ1) is 14.7. The van der Waals surface area contributed by atoms with Crippen molar-refractivity contribution in [3.63, 3.8) is 0 Å². The van der Waals surface area contributed by atoms with E-state index in [9.17, 15) is 9.90 Å². The van der Waals surface area contributed by atoms with Crippen molar-refractivity contribution in [3.8, 4) is 0 Å². The zero-order chi connectivity index (χ0) is 14.5. The summed E-state index contributed by atoms with van der Waals surface area (Å²) >= 11 is 0. The minimum atomic E-state index is -0.504. The van der Waals surface area contributed by atoms with E-state index in [0.717, 1.165) is 19.5 Å². The molecule has 0 radical (unpaired) electrons. The van der Waals surface area contributed by atoms with Crippen molar-refractivity contribution in [2.24, 2.45) is 0 Å². The van der Waals surface area contributed by atoms with E-state index in [0.29, 0.717) is 6.54 Å². The van der Waals surface area contributed by atoms with Crippen LogP contribution in [0.2, 0.25) is 0 Å². The molecule has 1 saturated heterocycles. The molecule has 1 fully saturated rings. The number of hydrogen-bond donors (Lipinski definition) is 2. The minimum absolute atomic E-state index is 0.120. The number of aliphatic hydroxyl groups excluding tert-OH is 1. The quantitative estimate of drug-likeness (QED) is 0.872. The Morgan fingerprint density at radius 1 is 1.50 bits per heavy atom. The number of hydrogen-bond acceptors (Lipinski definition) is 3. The molecule has 0 aliphatic carbocycles. The topological polar surface area (TPSA) is 55.8 Å². The van der Waals surface area contributed by atoms with Gasteiger partial charge >= 0.3 is 6.03 Å². The van der Waals surface area contributed by atoms with E-state index in [2.05, 4.69) is 22.3 Å². The van der Waals surface area contributed by atoms with E-state index >= 15 is 0 Å². The lowest BCUT2D eigenvalue weighted by molar-refractivity contribution is 0.142. The van der Waals surface area contributed by atoms with Crippen molar-refractivity contribution < 1.29 is 9.90 Å². The van der Waals surface area contributed by atoms with Crippen molar-refractivity contribution in [2.75, 3.05) is 31.6 Å². The minimum Gasteiger partial charge on any atom is -0.392 e. The van der Waals surface area contributed by atoms with Gasteiger partial charge in [0.2, 0.25) is 0 Å². The molecule has 0 aromatic heterocycles. The van der Waals surface area contributed by atoms with Crippen LogP contribution in [0.4, 0.5) is 10.5 Å². The SMILES string of the molecule is CC(O)CN(C)C(=O)NC1CCN(c2ccccc2)C1. The number of nitrogens with one attached hydrogen (secondary N) is 1. The number of aliphatic hydroxyl groups is 1. The van der Waals surface area contributed by atoms with E-state index in [-0.39, 0.29) is 12.1 Å². The Bertz CT molecular complexity index is 436. The van der Waals surface area contributed by atoms with Gasteiger partial charge in [0.15, 0.2) is 0 Å². The van der Waals surface area contributed by atoms with Crippen molar-refractivity contribution in [1.29, 1.82) is 0 Å². The number of rotatable bonds is 4. The zero-order valence-electron chi connectivity index (χ0n) is 12.1. The third kappa shape index (κ3) is 3.87. The number of anilines is 1. The molecule has 1 aromatic rings. The second kappa shape index (κ2) is 6.61. The summed E-state index contributed by atoms with van der Waals surface area (Å²) in [5, 5.41) is 12.3. The highest BCUT2D eigenvalue weighted by molar-refractivity contribution is 5.74. The predicted octanol–water partition coefficient (Wildman–Crippen LogP) is 1.29. The number of likely N-dealkylation sites (N-methyl/N-ethyl adjacent to an activating group) is 1. The number of urea groups is 1. The lowest BCUT2D eigenvalue weighted by Gasteiger charge is -2.23. The van der Waals surface area contributed by atoms with Crippen LogP contribution in [0.3, 0.4) is 0 Å². The van der Waals surface area contributed by atoms with E-state index in [1.54, 1.807) is 14.0 Å². The van der Waals surface area contributed by atoms with Crippen molar-refractivity contribution in [1.82, 2.24) is 10.2 Å². The van der Waals surface area contributed by atoms with Crippen molar-refractivity contribution in [2.45, 2.75) is 25.5 Å². The van der Waals surface area contributed by atoms with Crippen LogP contribution < -0.4 is 10.2 Å². The van der Waals surface area contributed by atoms with Gasteiger partial charge in [-0.25, -0.2) is 4.79 Å². The number of carbonyl (C=O) groups excluding carboxylic acids is 1. The largest absolute Gasteiger partial charge is 0.392 e. The molecule has 1 aliphatic heterocycles. The first-order chi connectivity index (χ1) is 9.56. The van der Waals surface area contributed by atoms with Gasteiger partial charge in [-0.15, -0.1) is 0 Å². The summed E-state index contributed by atoms with van der Waals surface area (Å²) in [6, 6.07) is 10.3. The standard InChI is InChI=1S/C15H23N3O2/c1-12(19)10-17(2)15(20)16-13-8-9-18(11-13)14-6-4-3-5-7-14/h3-7,12-13,19H,8-11H2,1-2H3,(H,16,20). The van der Waals surface area contributed by atoms with Gasteiger partial charge in [-0.05, 0) is 25.5 Å². The lowest BCUT2D eigenvalue weighted by atomic mass is 10.2. The highest BCUT2D eigenvalue weighted by Crippen LogP contribution is 2.19. The van der Waals surface area contributed by atoms with Crippen LogP contribution in [0.15, 0.2) is 30.3 Å². The maximum absolute atomic E-state index is 12.0. The van der Waals surface area contributed by atoms with Gasteiger partial charge in [0, 0.05) is 38.4 Å². The first-order valence-electron chi connectivity index (χ1n) is 7.06. The average Bonchev–Trinajstić information content (AvgIpc) is 2.87. The molecule has 1 aliphatic rings. The van der Waals surface area contributed by atoms with E-state index < -0.39 is 6.10 Å². The number of amides is 2. The maximum Gasteiger partial charge on any atom is 0.317 e. The smallest absolute Gasteiger partial charge is 0.317 e. The molecule has 5 nitrogen and oxygen atoms in total. The Morgan fingerprint density at radius 2 is 2.20 bits per heavy atom.